The average molecular weight is 439 g/mol. The maximum absolute atomic E-state index is 12.8. The number of aromatic nitrogens is 1. The number of anilines is 3. The van der Waals surface area contributed by atoms with Crippen molar-refractivity contribution in [1.29, 1.82) is 0 Å². The van der Waals surface area contributed by atoms with Crippen LogP contribution >= 0.6 is 11.3 Å². The van der Waals surface area contributed by atoms with E-state index in [1.165, 1.54) is 18.3 Å². The van der Waals surface area contributed by atoms with Crippen LogP contribution in [0.5, 0.6) is 5.75 Å². The van der Waals surface area contributed by atoms with Gasteiger partial charge in [-0.3, -0.25) is 14.4 Å². The topological polar surface area (TPSA) is 101 Å². The van der Waals surface area contributed by atoms with Gasteiger partial charge >= 0.3 is 0 Å². The number of fused-ring (bicyclic) bond motifs is 1. The minimum absolute atomic E-state index is 0.113. The van der Waals surface area contributed by atoms with Gasteiger partial charge in [-0.1, -0.05) is 11.3 Å². The summed E-state index contributed by atoms with van der Waals surface area (Å²) >= 11 is 1.37. The Labute approximate surface area is 183 Å². The number of hydrogen-bond donors (Lipinski definition) is 2. The minimum atomic E-state index is -0.464. The van der Waals surface area contributed by atoms with Gasteiger partial charge in [0.2, 0.25) is 17.7 Å². The highest BCUT2D eigenvalue weighted by Gasteiger charge is 2.35. The number of hydrogen-bond acceptors (Lipinski definition) is 6. The van der Waals surface area contributed by atoms with Crippen LogP contribution < -0.4 is 20.3 Å². The second-order valence-electron chi connectivity index (χ2n) is 7.20. The van der Waals surface area contributed by atoms with Crippen LogP contribution in [0.1, 0.15) is 20.3 Å². The number of carbonyl (C=O) groups is 3. The zero-order valence-corrected chi connectivity index (χ0v) is 18.0. The van der Waals surface area contributed by atoms with Crippen LogP contribution in [0.15, 0.2) is 42.5 Å². The lowest BCUT2D eigenvalue weighted by molar-refractivity contribution is -0.122. The quantitative estimate of drug-likeness (QED) is 0.612. The van der Waals surface area contributed by atoms with Gasteiger partial charge in [0.15, 0.2) is 5.13 Å². The van der Waals surface area contributed by atoms with E-state index in [-0.39, 0.29) is 24.1 Å². The van der Waals surface area contributed by atoms with Crippen LogP contribution in [0.25, 0.3) is 10.2 Å². The molecule has 8 nitrogen and oxygen atoms in total. The average Bonchev–Trinajstić information content (AvgIpc) is 3.31. The molecule has 2 aromatic carbocycles. The number of nitrogens with zero attached hydrogens (tertiary/aromatic N) is 2. The number of ether oxygens (including phenoxy) is 1. The van der Waals surface area contributed by atoms with E-state index in [0.717, 1.165) is 16.0 Å². The number of thiazole rings is 1. The highest BCUT2D eigenvalue weighted by atomic mass is 32.1. The van der Waals surface area contributed by atoms with Crippen molar-refractivity contribution in [3.05, 3.63) is 42.5 Å². The second kappa shape index (κ2) is 8.73. The molecule has 3 amide bonds. The Kier molecular flexibility index (Phi) is 5.85. The molecule has 1 fully saturated rings. The van der Waals surface area contributed by atoms with Crippen molar-refractivity contribution < 1.29 is 19.1 Å². The molecule has 31 heavy (non-hydrogen) atoms. The van der Waals surface area contributed by atoms with Crippen LogP contribution in [0.2, 0.25) is 0 Å². The third-order valence-electron chi connectivity index (χ3n) is 4.90. The largest absolute Gasteiger partial charge is 0.494 e. The maximum Gasteiger partial charge on any atom is 0.231 e. The van der Waals surface area contributed by atoms with Crippen LogP contribution in [-0.4, -0.2) is 35.9 Å². The highest BCUT2D eigenvalue weighted by Crippen LogP contribution is 2.31. The van der Waals surface area contributed by atoms with Crippen molar-refractivity contribution in [2.75, 3.05) is 28.7 Å². The molecule has 4 rings (SSSR count). The molecule has 160 valence electrons. The summed E-state index contributed by atoms with van der Waals surface area (Å²) in [7, 11) is 0. The van der Waals surface area contributed by atoms with Crippen molar-refractivity contribution >= 4 is 55.8 Å². The Morgan fingerprint density at radius 3 is 2.68 bits per heavy atom. The summed E-state index contributed by atoms with van der Waals surface area (Å²) in [4.78, 5) is 42.4. The molecule has 2 heterocycles. The number of benzene rings is 2. The molecule has 9 heteroatoms. The molecule has 3 aromatic rings. The first-order valence-electron chi connectivity index (χ1n) is 9.95. The van der Waals surface area contributed by atoms with Gasteiger partial charge in [0.1, 0.15) is 5.75 Å². The van der Waals surface area contributed by atoms with Crippen molar-refractivity contribution in [1.82, 2.24) is 4.98 Å². The first kappa shape index (κ1) is 20.8. The van der Waals surface area contributed by atoms with Gasteiger partial charge in [0.05, 0.1) is 22.7 Å². The summed E-state index contributed by atoms with van der Waals surface area (Å²) in [6.07, 6.45) is 0.138. The number of amides is 3. The molecule has 1 aliphatic rings. The fourth-order valence-electron chi connectivity index (χ4n) is 3.48. The molecular formula is C22H22N4O4S. The van der Waals surface area contributed by atoms with Crippen molar-refractivity contribution in [2.45, 2.75) is 20.3 Å². The summed E-state index contributed by atoms with van der Waals surface area (Å²) in [5.74, 6) is -0.204. The monoisotopic (exact) mass is 438 g/mol. The molecule has 1 saturated heterocycles. The fourth-order valence-corrected chi connectivity index (χ4v) is 4.38. The smallest absolute Gasteiger partial charge is 0.231 e. The predicted molar refractivity (Wildman–Crippen MR) is 121 cm³/mol. The lowest BCUT2D eigenvalue weighted by Gasteiger charge is -2.17. The standard InChI is InChI=1S/C22H22N4O4S/c1-3-30-17-8-9-18-19(11-17)31-22(24-18)25-21(29)14-10-20(28)26(12-14)16-6-4-15(5-7-16)23-13(2)27/h4-9,11,14H,3,10,12H2,1-2H3,(H,23,27)(H,24,25,29). The van der Waals surface area contributed by atoms with E-state index in [2.05, 4.69) is 15.6 Å². The Morgan fingerprint density at radius 2 is 1.97 bits per heavy atom. The van der Waals surface area contributed by atoms with Gasteiger partial charge in [0.25, 0.3) is 0 Å². The van der Waals surface area contributed by atoms with Crippen molar-refractivity contribution in [3.63, 3.8) is 0 Å². The zero-order valence-electron chi connectivity index (χ0n) is 17.2. The van der Waals surface area contributed by atoms with E-state index in [1.54, 1.807) is 29.2 Å². The molecule has 1 atom stereocenters. The lowest BCUT2D eigenvalue weighted by atomic mass is 10.1. The zero-order chi connectivity index (χ0) is 22.0. The van der Waals surface area contributed by atoms with E-state index in [0.29, 0.717) is 29.7 Å². The molecule has 1 aromatic heterocycles. The van der Waals surface area contributed by atoms with E-state index in [4.69, 9.17) is 4.74 Å². The molecule has 0 saturated carbocycles. The van der Waals surface area contributed by atoms with Gasteiger partial charge in [-0.05, 0) is 49.4 Å². The van der Waals surface area contributed by atoms with Gasteiger partial charge in [-0.15, -0.1) is 0 Å². The first-order valence-corrected chi connectivity index (χ1v) is 10.8. The number of rotatable bonds is 6. The summed E-state index contributed by atoms with van der Waals surface area (Å²) in [5, 5.41) is 6.04. The van der Waals surface area contributed by atoms with Gasteiger partial charge in [-0.25, -0.2) is 4.98 Å². The van der Waals surface area contributed by atoms with E-state index in [1.807, 2.05) is 25.1 Å². The fraction of sp³-hybridized carbons (Fsp3) is 0.273. The third-order valence-corrected chi connectivity index (χ3v) is 5.83. The van der Waals surface area contributed by atoms with Gasteiger partial charge in [0, 0.05) is 31.3 Å². The third kappa shape index (κ3) is 4.66. The number of nitrogens with one attached hydrogen (secondary N) is 2. The SMILES string of the molecule is CCOc1ccc2nc(NC(=O)C3CC(=O)N(c4ccc(NC(C)=O)cc4)C3)sc2c1. The molecule has 1 aliphatic heterocycles. The van der Waals surface area contributed by atoms with Gasteiger partial charge < -0.3 is 20.3 Å². The molecule has 0 radical (unpaired) electrons. The second-order valence-corrected chi connectivity index (χ2v) is 8.23. The first-order chi connectivity index (χ1) is 14.9. The molecule has 1 unspecified atom stereocenters. The Morgan fingerprint density at radius 1 is 1.19 bits per heavy atom. The van der Waals surface area contributed by atoms with E-state index >= 15 is 0 Å². The van der Waals surface area contributed by atoms with E-state index in [9.17, 15) is 14.4 Å². The van der Waals surface area contributed by atoms with Crippen LogP contribution in [-0.2, 0) is 14.4 Å². The minimum Gasteiger partial charge on any atom is -0.494 e. The summed E-state index contributed by atoms with van der Waals surface area (Å²) in [6, 6.07) is 12.6. The Bertz CT molecular complexity index is 1140. The molecule has 2 N–H and O–H groups in total. The van der Waals surface area contributed by atoms with E-state index < -0.39 is 5.92 Å². The lowest BCUT2D eigenvalue weighted by Crippen LogP contribution is -2.28. The van der Waals surface area contributed by atoms with Crippen LogP contribution in [0, 0.1) is 5.92 Å². The molecular weight excluding hydrogens is 416 g/mol. The van der Waals surface area contributed by atoms with Crippen molar-refractivity contribution in [2.24, 2.45) is 5.92 Å². The molecule has 0 bridgehead atoms. The number of carbonyl (C=O) groups excluding carboxylic acids is 3. The molecule has 0 spiro atoms. The summed E-state index contributed by atoms with van der Waals surface area (Å²) in [5.41, 5.74) is 2.13. The highest BCUT2D eigenvalue weighted by molar-refractivity contribution is 7.22. The van der Waals surface area contributed by atoms with Crippen LogP contribution in [0.3, 0.4) is 0 Å². The van der Waals surface area contributed by atoms with Crippen LogP contribution in [0.4, 0.5) is 16.5 Å². The normalized spacial score (nSPS) is 15.9. The maximum atomic E-state index is 12.8. The predicted octanol–water partition coefficient (Wildman–Crippen LogP) is 3.65. The van der Waals surface area contributed by atoms with Crippen molar-refractivity contribution in [3.8, 4) is 5.75 Å². The Hall–Kier alpha value is -3.46. The summed E-state index contributed by atoms with van der Waals surface area (Å²) in [6.45, 7) is 4.23. The summed E-state index contributed by atoms with van der Waals surface area (Å²) < 4.78 is 6.43. The van der Waals surface area contributed by atoms with Gasteiger partial charge in [-0.2, -0.15) is 0 Å². The Balaban J connectivity index is 1.42. The molecule has 0 aliphatic carbocycles.